The molecule has 3 rings (SSSR count). The first-order chi connectivity index (χ1) is 8.34. The molecule has 0 spiro atoms. The fraction of sp³-hybridized carbons (Fsp3) is 0.385. The Bertz CT molecular complexity index is 523. The summed E-state index contributed by atoms with van der Waals surface area (Å²) >= 11 is 0. The Kier molecular flexibility index (Phi) is 2.74. The van der Waals surface area contributed by atoms with E-state index in [2.05, 4.69) is 9.97 Å². The van der Waals surface area contributed by atoms with Gasteiger partial charge in [0.25, 0.3) is 0 Å². The van der Waals surface area contributed by atoms with Gasteiger partial charge in [-0.15, -0.1) is 0 Å². The van der Waals surface area contributed by atoms with Gasteiger partial charge in [-0.25, -0.2) is 0 Å². The summed E-state index contributed by atoms with van der Waals surface area (Å²) in [6, 6.07) is 6.09. The van der Waals surface area contributed by atoms with Crippen molar-refractivity contribution in [3.8, 4) is 0 Å². The van der Waals surface area contributed by atoms with Crippen LogP contribution in [0.25, 0.3) is 11.0 Å². The van der Waals surface area contributed by atoms with Gasteiger partial charge in [0, 0.05) is 31.0 Å². The van der Waals surface area contributed by atoms with Crippen LogP contribution in [0.15, 0.2) is 30.6 Å². The minimum atomic E-state index is 0.0314. The van der Waals surface area contributed by atoms with Crippen LogP contribution in [0.2, 0.25) is 0 Å². The Morgan fingerprint density at radius 1 is 1.24 bits per heavy atom. The molecule has 1 aliphatic heterocycles. The Hall–Kier alpha value is -1.52. The molecular formula is C13H15N3O. The largest absolute Gasteiger partial charge is 0.381 e. The van der Waals surface area contributed by atoms with Crippen LogP contribution in [0.3, 0.4) is 0 Å². The van der Waals surface area contributed by atoms with Crippen LogP contribution < -0.4 is 5.73 Å². The molecule has 2 atom stereocenters. The van der Waals surface area contributed by atoms with Crippen LogP contribution in [-0.2, 0) is 4.74 Å². The predicted molar refractivity (Wildman–Crippen MR) is 65.4 cm³/mol. The molecule has 0 aliphatic carbocycles. The molecule has 1 fully saturated rings. The molecule has 1 saturated heterocycles. The number of hydrogen-bond donors (Lipinski definition) is 1. The maximum Gasteiger partial charge on any atom is 0.0890 e. The van der Waals surface area contributed by atoms with E-state index in [1.165, 1.54) is 0 Å². The Morgan fingerprint density at radius 2 is 2.06 bits per heavy atom. The van der Waals surface area contributed by atoms with Crippen molar-refractivity contribution < 1.29 is 4.74 Å². The smallest absolute Gasteiger partial charge is 0.0890 e. The maximum absolute atomic E-state index is 6.26. The maximum atomic E-state index is 6.26. The topological polar surface area (TPSA) is 61.0 Å². The van der Waals surface area contributed by atoms with Gasteiger partial charge in [0.2, 0.25) is 0 Å². The molecule has 0 saturated carbocycles. The van der Waals surface area contributed by atoms with E-state index < -0.39 is 0 Å². The standard InChI is InChI=1S/C13H15N3O/c14-13(10-3-6-17-8-10)9-1-2-11-12(7-9)16-5-4-15-11/h1-2,4-5,7,10,13H,3,6,8,14H2. The monoisotopic (exact) mass is 229 g/mol. The summed E-state index contributed by atoms with van der Waals surface area (Å²) in [5.74, 6) is 0.420. The van der Waals surface area contributed by atoms with Crippen molar-refractivity contribution in [3.63, 3.8) is 0 Å². The minimum absolute atomic E-state index is 0.0314. The van der Waals surface area contributed by atoms with Crippen molar-refractivity contribution in [1.29, 1.82) is 0 Å². The number of aromatic nitrogens is 2. The molecule has 1 aliphatic rings. The van der Waals surface area contributed by atoms with Crippen molar-refractivity contribution in [2.75, 3.05) is 13.2 Å². The fourth-order valence-electron chi connectivity index (χ4n) is 2.30. The molecule has 2 heterocycles. The van der Waals surface area contributed by atoms with Gasteiger partial charge in [0.1, 0.15) is 0 Å². The lowest BCUT2D eigenvalue weighted by Crippen LogP contribution is -2.21. The lowest BCUT2D eigenvalue weighted by Gasteiger charge is -2.18. The first kappa shape index (κ1) is 10.6. The molecule has 88 valence electrons. The highest BCUT2D eigenvalue weighted by molar-refractivity contribution is 5.74. The van der Waals surface area contributed by atoms with Crippen molar-refractivity contribution in [2.24, 2.45) is 11.7 Å². The second-order valence-corrected chi connectivity index (χ2v) is 4.45. The molecule has 17 heavy (non-hydrogen) atoms. The quantitative estimate of drug-likeness (QED) is 0.850. The predicted octanol–water partition coefficient (Wildman–Crippen LogP) is 1.67. The van der Waals surface area contributed by atoms with Crippen molar-refractivity contribution >= 4 is 11.0 Å². The van der Waals surface area contributed by atoms with Gasteiger partial charge in [0.15, 0.2) is 0 Å². The summed E-state index contributed by atoms with van der Waals surface area (Å²) in [6.07, 6.45) is 4.45. The number of rotatable bonds is 2. The van der Waals surface area contributed by atoms with Crippen LogP contribution in [0, 0.1) is 5.92 Å². The highest BCUT2D eigenvalue weighted by Gasteiger charge is 2.24. The third-order valence-corrected chi connectivity index (χ3v) is 3.35. The zero-order chi connectivity index (χ0) is 11.7. The minimum Gasteiger partial charge on any atom is -0.381 e. The van der Waals surface area contributed by atoms with E-state index in [0.717, 1.165) is 36.2 Å². The van der Waals surface area contributed by atoms with Crippen LogP contribution in [0.5, 0.6) is 0 Å². The molecule has 1 aromatic heterocycles. The highest BCUT2D eigenvalue weighted by atomic mass is 16.5. The first-order valence-corrected chi connectivity index (χ1v) is 5.88. The molecule has 2 N–H and O–H groups in total. The molecule has 4 nitrogen and oxygen atoms in total. The lowest BCUT2D eigenvalue weighted by molar-refractivity contribution is 0.181. The second-order valence-electron chi connectivity index (χ2n) is 4.45. The summed E-state index contributed by atoms with van der Waals surface area (Å²) in [6.45, 7) is 1.59. The second kappa shape index (κ2) is 4.39. The van der Waals surface area contributed by atoms with Gasteiger partial charge < -0.3 is 10.5 Å². The van der Waals surface area contributed by atoms with Gasteiger partial charge in [-0.05, 0) is 24.1 Å². The number of fused-ring (bicyclic) bond motifs is 1. The van der Waals surface area contributed by atoms with Gasteiger partial charge >= 0.3 is 0 Å². The van der Waals surface area contributed by atoms with Gasteiger partial charge in [-0.2, -0.15) is 0 Å². The van der Waals surface area contributed by atoms with Crippen LogP contribution in [0.4, 0.5) is 0 Å². The first-order valence-electron chi connectivity index (χ1n) is 5.88. The van der Waals surface area contributed by atoms with E-state index in [0.29, 0.717) is 5.92 Å². The molecule has 0 radical (unpaired) electrons. The summed E-state index contributed by atoms with van der Waals surface area (Å²) in [5, 5.41) is 0. The van der Waals surface area contributed by atoms with Gasteiger partial charge in [-0.1, -0.05) is 6.07 Å². The Balaban J connectivity index is 1.94. The third kappa shape index (κ3) is 2.01. The number of benzene rings is 1. The Morgan fingerprint density at radius 3 is 2.82 bits per heavy atom. The van der Waals surface area contributed by atoms with Crippen molar-refractivity contribution in [1.82, 2.24) is 9.97 Å². The van der Waals surface area contributed by atoms with Crippen LogP contribution in [0.1, 0.15) is 18.0 Å². The van der Waals surface area contributed by atoms with Gasteiger partial charge in [0.05, 0.1) is 17.6 Å². The molecule has 4 heteroatoms. The normalized spacial score (nSPS) is 21.8. The number of nitrogens with zero attached hydrogens (tertiary/aromatic N) is 2. The summed E-state index contributed by atoms with van der Waals surface area (Å²) < 4.78 is 5.38. The van der Waals surface area contributed by atoms with E-state index in [1.54, 1.807) is 12.4 Å². The number of ether oxygens (including phenoxy) is 1. The molecule has 0 amide bonds. The summed E-state index contributed by atoms with van der Waals surface area (Å²) in [5.41, 5.74) is 9.19. The fourth-order valence-corrected chi connectivity index (χ4v) is 2.30. The van der Waals surface area contributed by atoms with Gasteiger partial charge in [-0.3, -0.25) is 9.97 Å². The average Bonchev–Trinajstić information content (AvgIpc) is 2.91. The molecule has 2 aromatic rings. The van der Waals surface area contributed by atoms with E-state index in [-0.39, 0.29) is 6.04 Å². The summed E-state index contributed by atoms with van der Waals surface area (Å²) in [7, 11) is 0. The number of nitrogens with two attached hydrogens (primary N) is 1. The lowest BCUT2D eigenvalue weighted by atomic mass is 9.93. The summed E-state index contributed by atoms with van der Waals surface area (Å²) in [4.78, 5) is 8.55. The van der Waals surface area contributed by atoms with Crippen LogP contribution >= 0.6 is 0 Å². The zero-order valence-electron chi connectivity index (χ0n) is 9.54. The van der Waals surface area contributed by atoms with Crippen LogP contribution in [-0.4, -0.2) is 23.2 Å². The number of hydrogen-bond acceptors (Lipinski definition) is 4. The Labute approximate surface area is 99.8 Å². The SMILES string of the molecule is NC(c1ccc2nccnc2c1)C1CCOC1. The molecule has 2 unspecified atom stereocenters. The van der Waals surface area contributed by atoms with E-state index in [4.69, 9.17) is 10.5 Å². The van der Waals surface area contributed by atoms with Crippen molar-refractivity contribution in [3.05, 3.63) is 36.2 Å². The molecule has 1 aromatic carbocycles. The third-order valence-electron chi connectivity index (χ3n) is 3.35. The van der Waals surface area contributed by atoms with E-state index >= 15 is 0 Å². The van der Waals surface area contributed by atoms with E-state index in [1.807, 2.05) is 18.2 Å². The molecular weight excluding hydrogens is 214 g/mol. The van der Waals surface area contributed by atoms with Crippen molar-refractivity contribution in [2.45, 2.75) is 12.5 Å². The average molecular weight is 229 g/mol. The van der Waals surface area contributed by atoms with E-state index in [9.17, 15) is 0 Å². The zero-order valence-corrected chi connectivity index (χ0v) is 9.54. The molecule has 0 bridgehead atoms. The highest BCUT2D eigenvalue weighted by Crippen LogP contribution is 2.27.